The van der Waals surface area contributed by atoms with Gasteiger partial charge >= 0.3 is 0 Å². The van der Waals surface area contributed by atoms with Gasteiger partial charge in [0.1, 0.15) is 5.82 Å². The molecule has 1 aromatic rings. The highest BCUT2D eigenvalue weighted by Gasteiger charge is 2.12. The Bertz CT molecular complexity index is 352. The van der Waals surface area contributed by atoms with Crippen molar-refractivity contribution in [3.63, 3.8) is 0 Å². The minimum atomic E-state index is -0.555. The Labute approximate surface area is 88.5 Å². The molecule has 1 aromatic carbocycles. The van der Waals surface area contributed by atoms with Gasteiger partial charge in [0.05, 0.1) is 12.1 Å². The minimum absolute atomic E-state index is 0.237. The fourth-order valence-corrected chi connectivity index (χ4v) is 1.20. The summed E-state index contributed by atoms with van der Waals surface area (Å²) in [6.45, 7) is 3.39. The summed E-state index contributed by atoms with van der Waals surface area (Å²) in [5.74, 6) is -0.554. The maximum absolute atomic E-state index is 12.9. The molecule has 1 amide bonds. The van der Waals surface area contributed by atoms with E-state index in [4.69, 9.17) is 5.73 Å². The average Bonchev–Trinajstić information content (AvgIpc) is 2.17. The van der Waals surface area contributed by atoms with E-state index in [0.29, 0.717) is 0 Å². The van der Waals surface area contributed by atoms with Crippen molar-refractivity contribution < 1.29 is 9.18 Å². The van der Waals surface area contributed by atoms with Crippen molar-refractivity contribution in [3.8, 4) is 0 Å². The average molecular weight is 210 g/mol. The maximum Gasteiger partial charge on any atom is 0.237 e. The molecule has 0 aromatic heterocycles. The van der Waals surface area contributed by atoms with Crippen molar-refractivity contribution in [2.45, 2.75) is 25.9 Å². The van der Waals surface area contributed by atoms with Crippen LogP contribution in [0.4, 0.5) is 4.39 Å². The second-order valence-corrected chi connectivity index (χ2v) is 3.57. The summed E-state index contributed by atoms with van der Waals surface area (Å²) in [6, 6.07) is 5.34. The van der Waals surface area contributed by atoms with Crippen LogP contribution in [0.15, 0.2) is 24.3 Å². The highest BCUT2D eigenvalue weighted by atomic mass is 19.1. The molecular weight excluding hydrogens is 195 g/mol. The number of nitrogens with one attached hydrogen (secondary N) is 1. The van der Waals surface area contributed by atoms with E-state index in [-0.39, 0.29) is 17.8 Å². The van der Waals surface area contributed by atoms with Gasteiger partial charge in [0, 0.05) is 0 Å². The van der Waals surface area contributed by atoms with Crippen LogP contribution < -0.4 is 11.1 Å². The predicted octanol–water partition coefficient (Wildman–Crippen LogP) is 1.35. The smallest absolute Gasteiger partial charge is 0.237 e. The van der Waals surface area contributed by atoms with Crippen LogP contribution in [-0.2, 0) is 4.79 Å². The van der Waals surface area contributed by atoms with Crippen LogP contribution in [0, 0.1) is 5.82 Å². The monoisotopic (exact) mass is 210 g/mol. The van der Waals surface area contributed by atoms with Gasteiger partial charge in [-0.15, -0.1) is 0 Å². The van der Waals surface area contributed by atoms with Gasteiger partial charge in [-0.1, -0.05) is 12.1 Å². The zero-order valence-corrected chi connectivity index (χ0v) is 8.83. The Hall–Kier alpha value is -1.42. The third-order valence-electron chi connectivity index (χ3n) is 2.12. The number of carbonyl (C=O) groups is 1. The largest absolute Gasteiger partial charge is 0.348 e. The first-order valence-electron chi connectivity index (χ1n) is 4.82. The predicted molar refractivity (Wildman–Crippen MR) is 56.6 cm³/mol. The van der Waals surface area contributed by atoms with Crippen LogP contribution in [0.5, 0.6) is 0 Å². The Morgan fingerprint density at radius 1 is 1.47 bits per heavy atom. The van der Waals surface area contributed by atoms with Gasteiger partial charge in [0.2, 0.25) is 5.91 Å². The molecule has 3 nitrogen and oxygen atoms in total. The van der Waals surface area contributed by atoms with E-state index < -0.39 is 6.04 Å². The second-order valence-electron chi connectivity index (χ2n) is 3.57. The molecule has 0 aliphatic rings. The molecule has 2 atom stereocenters. The van der Waals surface area contributed by atoms with Gasteiger partial charge in [-0.25, -0.2) is 4.39 Å². The molecule has 0 spiro atoms. The highest BCUT2D eigenvalue weighted by molar-refractivity contribution is 5.81. The molecular formula is C11H15FN2O. The Kier molecular flexibility index (Phi) is 3.80. The fraction of sp³-hybridized carbons (Fsp3) is 0.364. The van der Waals surface area contributed by atoms with Crippen molar-refractivity contribution in [3.05, 3.63) is 35.6 Å². The first-order chi connectivity index (χ1) is 7.00. The van der Waals surface area contributed by atoms with E-state index in [1.165, 1.54) is 12.1 Å². The summed E-state index contributed by atoms with van der Waals surface area (Å²) in [5.41, 5.74) is 6.13. The standard InChI is InChI=1S/C11H15FN2O/c1-7(13)11(15)14-8(2)9-4-3-5-10(12)6-9/h3-8H,13H2,1-2H3,(H,14,15). The van der Waals surface area contributed by atoms with E-state index in [0.717, 1.165) is 5.56 Å². The molecule has 82 valence electrons. The van der Waals surface area contributed by atoms with Gasteiger partial charge < -0.3 is 11.1 Å². The lowest BCUT2D eigenvalue weighted by atomic mass is 10.1. The molecule has 1 rings (SSSR count). The van der Waals surface area contributed by atoms with Crippen LogP contribution in [0.1, 0.15) is 25.5 Å². The number of rotatable bonds is 3. The summed E-state index contributed by atoms with van der Waals surface area (Å²) in [5, 5.41) is 2.69. The lowest BCUT2D eigenvalue weighted by Crippen LogP contribution is -2.39. The lowest BCUT2D eigenvalue weighted by Gasteiger charge is -2.15. The third-order valence-corrected chi connectivity index (χ3v) is 2.12. The first kappa shape index (κ1) is 11.7. The molecule has 0 aliphatic carbocycles. The highest BCUT2D eigenvalue weighted by Crippen LogP contribution is 2.13. The van der Waals surface area contributed by atoms with Crippen LogP contribution in [0.25, 0.3) is 0 Å². The molecule has 0 radical (unpaired) electrons. The second kappa shape index (κ2) is 4.89. The Balaban J connectivity index is 2.69. The minimum Gasteiger partial charge on any atom is -0.348 e. The number of amides is 1. The normalized spacial score (nSPS) is 14.4. The summed E-state index contributed by atoms with van der Waals surface area (Å²) in [4.78, 5) is 11.3. The fourth-order valence-electron chi connectivity index (χ4n) is 1.20. The van der Waals surface area contributed by atoms with E-state index in [9.17, 15) is 9.18 Å². The number of hydrogen-bond acceptors (Lipinski definition) is 2. The molecule has 3 N–H and O–H groups in total. The van der Waals surface area contributed by atoms with E-state index in [1.807, 2.05) is 0 Å². The zero-order valence-electron chi connectivity index (χ0n) is 8.83. The third kappa shape index (κ3) is 3.32. The quantitative estimate of drug-likeness (QED) is 0.791. The SMILES string of the molecule is CC(N)C(=O)NC(C)c1cccc(F)c1. The number of benzene rings is 1. The lowest BCUT2D eigenvalue weighted by molar-refractivity contribution is -0.122. The molecule has 4 heteroatoms. The van der Waals surface area contributed by atoms with Crippen molar-refractivity contribution in [1.29, 1.82) is 0 Å². The maximum atomic E-state index is 12.9. The molecule has 0 saturated heterocycles. The molecule has 0 bridgehead atoms. The number of nitrogens with two attached hydrogens (primary N) is 1. The van der Waals surface area contributed by atoms with Crippen molar-refractivity contribution in [2.75, 3.05) is 0 Å². The number of carbonyl (C=O) groups excluding carboxylic acids is 1. The topological polar surface area (TPSA) is 55.1 Å². The van der Waals surface area contributed by atoms with Gasteiger partial charge in [-0.2, -0.15) is 0 Å². The molecule has 2 unspecified atom stereocenters. The molecule has 0 saturated carbocycles. The molecule has 15 heavy (non-hydrogen) atoms. The van der Waals surface area contributed by atoms with Gasteiger partial charge in [-0.3, -0.25) is 4.79 Å². The number of halogens is 1. The van der Waals surface area contributed by atoms with Crippen LogP contribution in [0.3, 0.4) is 0 Å². The van der Waals surface area contributed by atoms with Crippen molar-refractivity contribution in [1.82, 2.24) is 5.32 Å². The molecule has 0 aliphatic heterocycles. The van der Waals surface area contributed by atoms with Crippen molar-refractivity contribution in [2.24, 2.45) is 5.73 Å². The zero-order chi connectivity index (χ0) is 11.4. The summed E-state index contributed by atoms with van der Waals surface area (Å²) < 4.78 is 12.9. The van der Waals surface area contributed by atoms with E-state index in [1.54, 1.807) is 26.0 Å². The van der Waals surface area contributed by atoms with Crippen molar-refractivity contribution >= 4 is 5.91 Å². The van der Waals surface area contributed by atoms with Crippen LogP contribution in [-0.4, -0.2) is 11.9 Å². The molecule has 0 heterocycles. The van der Waals surface area contributed by atoms with Crippen LogP contribution in [0.2, 0.25) is 0 Å². The first-order valence-corrected chi connectivity index (χ1v) is 4.82. The van der Waals surface area contributed by atoms with E-state index >= 15 is 0 Å². The summed E-state index contributed by atoms with van der Waals surface area (Å²) >= 11 is 0. The van der Waals surface area contributed by atoms with E-state index in [2.05, 4.69) is 5.32 Å². The number of hydrogen-bond donors (Lipinski definition) is 2. The Morgan fingerprint density at radius 3 is 2.67 bits per heavy atom. The summed E-state index contributed by atoms with van der Waals surface area (Å²) in [7, 11) is 0. The van der Waals surface area contributed by atoms with Crippen LogP contribution >= 0.6 is 0 Å². The Morgan fingerprint density at radius 2 is 2.13 bits per heavy atom. The molecule has 0 fully saturated rings. The van der Waals surface area contributed by atoms with Gasteiger partial charge in [0.15, 0.2) is 0 Å². The van der Waals surface area contributed by atoms with Gasteiger partial charge in [0.25, 0.3) is 0 Å². The van der Waals surface area contributed by atoms with Gasteiger partial charge in [-0.05, 0) is 31.5 Å². The summed E-state index contributed by atoms with van der Waals surface area (Å²) in [6.07, 6.45) is 0.